The molecule has 0 spiro atoms. The molecule has 0 aliphatic rings. The summed E-state index contributed by atoms with van der Waals surface area (Å²) < 4.78 is 0. The number of aliphatic hydroxyl groups is 1. The number of aliphatic hydroxyl groups excluding tert-OH is 1. The summed E-state index contributed by atoms with van der Waals surface area (Å²) in [5.41, 5.74) is 0. The Hall–Kier alpha value is -0.570. The fourth-order valence-electron chi connectivity index (χ4n) is 0.853. The third-order valence-electron chi connectivity index (χ3n) is 1.64. The summed E-state index contributed by atoms with van der Waals surface area (Å²) in [4.78, 5) is 9.94. The maximum absolute atomic E-state index is 9.94. The maximum Gasteiger partial charge on any atom is 0.0537 e. The van der Waals surface area contributed by atoms with Gasteiger partial charge in [-0.25, -0.2) is 0 Å². The van der Waals surface area contributed by atoms with Crippen LogP contribution < -0.4 is 5.11 Å². The van der Waals surface area contributed by atoms with Crippen LogP contribution in [0.3, 0.4) is 0 Å². The van der Waals surface area contributed by atoms with Crippen LogP contribution in [-0.4, -0.2) is 17.2 Å². The Balaban J connectivity index is 3.08. The molecule has 0 fully saturated rings. The summed E-state index contributed by atoms with van der Waals surface area (Å²) >= 11 is 0. The molecule has 0 rings (SSSR count). The molecular formula is C8H15O3-. The largest absolute Gasteiger partial charge is 0.550 e. The van der Waals surface area contributed by atoms with Crippen LogP contribution in [0.1, 0.15) is 39.0 Å². The van der Waals surface area contributed by atoms with Gasteiger partial charge in [0.15, 0.2) is 0 Å². The molecule has 0 saturated carbocycles. The Morgan fingerprint density at radius 3 is 2.64 bits per heavy atom. The van der Waals surface area contributed by atoms with Gasteiger partial charge in [-0.2, -0.15) is 0 Å². The van der Waals surface area contributed by atoms with Crippen molar-refractivity contribution in [1.29, 1.82) is 0 Å². The number of rotatable bonds is 6. The van der Waals surface area contributed by atoms with Gasteiger partial charge in [0.05, 0.1) is 6.10 Å². The summed E-state index contributed by atoms with van der Waals surface area (Å²) in [5, 5.41) is 19.0. The van der Waals surface area contributed by atoms with Crippen LogP contribution in [0.2, 0.25) is 0 Å². The van der Waals surface area contributed by atoms with Crippen molar-refractivity contribution in [1.82, 2.24) is 0 Å². The first kappa shape index (κ1) is 10.4. The minimum absolute atomic E-state index is 0.108. The van der Waals surface area contributed by atoms with E-state index < -0.39 is 5.97 Å². The molecule has 0 aromatic carbocycles. The Bertz CT molecular complexity index is 112. The average molecular weight is 159 g/mol. The van der Waals surface area contributed by atoms with E-state index in [1.54, 1.807) is 0 Å². The lowest BCUT2D eigenvalue weighted by Gasteiger charge is -2.06. The molecule has 0 bridgehead atoms. The second-order valence-corrected chi connectivity index (χ2v) is 2.68. The molecule has 0 aromatic heterocycles. The van der Waals surface area contributed by atoms with Crippen molar-refractivity contribution in [3.63, 3.8) is 0 Å². The molecule has 0 heterocycles. The molecule has 0 aromatic rings. The number of carboxylic acid groups (broad SMARTS) is 1. The van der Waals surface area contributed by atoms with Crippen molar-refractivity contribution in [2.75, 3.05) is 0 Å². The van der Waals surface area contributed by atoms with E-state index in [0.29, 0.717) is 12.8 Å². The van der Waals surface area contributed by atoms with Gasteiger partial charge in [0, 0.05) is 5.97 Å². The molecule has 66 valence electrons. The average Bonchev–Trinajstić information content (AvgIpc) is 1.97. The van der Waals surface area contributed by atoms with Crippen molar-refractivity contribution >= 4 is 5.97 Å². The van der Waals surface area contributed by atoms with Crippen molar-refractivity contribution < 1.29 is 15.0 Å². The third kappa shape index (κ3) is 7.33. The molecular weight excluding hydrogens is 144 g/mol. The van der Waals surface area contributed by atoms with E-state index in [4.69, 9.17) is 5.11 Å². The van der Waals surface area contributed by atoms with Crippen LogP contribution in [0.5, 0.6) is 0 Å². The summed E-state index contributed by atoms with van der Waals surface area (Å²) in [6.07, 6.45) is 2.66. The summed E-state index contributed by atoms with van der Waals surface area (Å²) in [7, 11) is 0. The third-order valence-corrected chi connectivity index (χ3v) is 1.64. The van der Waals surface area contributed by atoms with Gasteiger partial charge >= 0.3 is 0 Å². The zero-order valence-corrected chi connectivity index (χ0v) is 6.88. The van der Waals surface area contributed by atoms with Gasteiger partial charge in [-0.1, -0.05) is 13.3 Å². The van der Waals surface area contributed by atoms with E-state index in [9.17, 15) is 9.90 Å². The van der Waals surface area contributed by atoms with Crippen LogP contribution in [0.25, 0.3) is 0 Å². The minimum Gasteiger partial charge on any atom is -0.550 e. The highest BCUT2D eigenvalue weighted by molar-refractivity contribution is 5.63. The highest BCUT2D eigenvalue weighted by Crippen LogP contribution is 2.05. The van der Waals surface area contributed by atoms with Crippen molar-refractivity contribution in [3.05, 3.63) is 0 Å². The molecule has 0 aliphatic heterocycles. The minimum atomic E-state index is -1.00. The molecule has 1 unspecified atom stereocenters. The number of carbonyl (C=O) groups is 1. The van der Waals surface area contributed by atoms with E-state index in [-0.39, 0.29) is 12.5 Å². The van der Waals surface area contributed by atoms with Crippen LogP contribution in [-0.2, 0) is 4.79 Å². The normalized spacial score (nSPS) is 12.9. The van der Waals surface area contributed by atoms with E-state index in [1.807, 2.05) is 6.92 Å². The Morgan fingerprint density at radius 1 is 1.55 bits per heavy atom. The van der Waals surface area contributed by atoms with Gasteiger partial charge in [-0.3, -0.25) is 0 Å². The lowest BCUT2D eigenvalue weighted by molar-refractivity contribution is -0.305. The smallest absolute Gasteiger partial charge is 0.0537 e. The fourth-order valence-corrected chi connectivity index (χ4v) is 0.853. The van der Waals surface area contributed by atoms with Crippen molar-refractivity contribution in [2.24, 2.45) is 0 Å². The highest BCUT2D eigenvalue weighted by atomic mass is 16.4. The van der Waals surface area contributed by atoms with Crippen molar-refractivity contribution in [2.45, 2.75) is 45.1 Å². The van der Waals surface area contributed by atoms with Crippen LogP contribution in [0.4, 0.5) is 0 Å². The zero-order valence-electron chi connectivity index (χ0n) is 6.88. The number of carbonyl (C=O) groups excluding carboxylic acids is 1. The maximum atomic E-state index is 9.94. The molecule has 0 amide bonds. The Kier molecular flexibility index (Phi) is 5.84. The molecule has 3 heteroatoms. The lowest BCUT2D eigenvalue weighted by atomic mass is 10.1. The van der Waals surface area contributed by atoms with E-state index >= 15 is 0 Å². The van der Waals surface area contributed by atoms with Gasteiger partial charge < -0.3 is 15.0 Å². The molecule has 11 heavy (non-hydrogen) atoms. The highest BCUT2D eigenvalue weighted by Gasteiger charge is 1.98. The van der Waals surface area contributed by atoms with E-state index in [1.165, 1.54) is 0 Å². The van der Waals surface area contributed by atoms with Crippen LogP contribution >= 0.6 is 0 Å². The van der Waals surface area contributed by atoms with Crippen molar-refractivity contribution in [3.8, 4) is 0 Å². The summed E-state index contributed by atoms with van der Waals surface area (Å²) in [6.45, 7) is 1.91. The summed E-state index contributed by atoms with van der Waals surface area (Å²) in [6, 6.07) is 0. The quantitative estimate of drug-likeness (QED) is 0.558. The predicted molar refractivity (Wildman–Crippen MR) is 39.8 cm³/mol. The number of hydrogen-bond acceptors (Lipinski definition) is 3. The Labute approximate surface area is 67.0 Å². The molecule has 0 radical (unpaired) electrons. The second kappa shape index (κ2) is 6.16. The number of aliphatic carboxylic acids is 1. The van der Waals surface area contributed by atoms with Gasteiger partial charge in [0.2, 0.25) is 0 Å². The lowest BCUT2D eigenvalue weighted by Crippen LogP contribution is -2.21. The van der Waals surface area contributed by atoms with E-state index in [2.05, 4.69) is 0 Å². The topological polar surface area (TPSA) is 60.4 Å². The van der Waals surface area contributed by atoms with Gasteiger partial charge in [0.1, 0.15) is 0 Å². The Morgan fingerprint density at radius 2 is 2.18 bits per heavy atom. The standard InChI is InChI=1S/C8H16O3/c1-2-7(9)5-3-4-6-8(10)11/h7,9H,2-6H2,1H3,(H,10,11)/p-1. The number of hydrogen-bond donors (Lipinski definition) is 1. The zero-order chi connectivity index (χ0) is 8.69. The fraction of sp³-hybridized carbons (Fsp3) is 0.875. The molecule has 1 atom stereocenters. The predicted octanol–water partition coefficient (Wildman–Crippen LogP) is 0.0676. The first-order valence-electron chi connectivity index (χ1n) is 4.04. The molecule has 0 saturated heterocycles. The molecule has 3 nitrogen and oxygen atoms in total. The molecule has 1 N–H and O–H groups in total. The van der Waals surface area contributed by atoms with Crippen LogP contribution in [0.15, 0.2) is 0 Å². The van der Waals surface area contributed by atoms with Gasteiger partial charge in [0.25, 0.3) is 0 Å². The van der Waals surface area contributed by atoms with E-state index in [0.717, 1.165) is 12.8 Å². The monoisotopic (exact) mass is 159 g/mol. The van der Waals surface area contributed by atoms with Gasteiger partial charge in [-0.15, -0.1) is 0 Å². The molecule has 0 aliphatic carbocycles. The second-order valence-electron chi connectivity index (χ2n) is 2.68. The summed E-state index contributed by atoms with van der Waals surface area (Å²) in [5.74, 6) is -1.00. The van der Waals surface area contributed by atoms with Crippen LogP contribution in [0, 0.1) is 0 Å². The number of carboxylic acids is 1. The first-order chi connectivity index (χ1) is 5.16. The SMILES string of the molecule is CCC(O)CCCCC(=O)[O-]. The van der Waals surface area contributed by atoms with Gasteiger partial charge in [-0.05, 0) is 25.7 Å². The number of unbranched alkanes of at least 4 members (excludes halogenated alkanes) is 1. The first-order valence-corrected chi connectivity index (χ1v) is 4.04.